The van der Waals surface area contributed by atoms with Gasteiger partial charge in [0.25, 0.3) is 5.91 Å². The van der Waals surface area contributed by atoms with Gasteiger partial charge in [0, 0.05) is 22.3 Å². The van der Waals surface area contributed by atoms with Crippen molar-refractivity contribution in [1.29, 1.82) is 0 Å². The molecule has 2 aromatic rings. The van der Waals surface area contributed by atoms with Crippen molar-refractivity contribution in [2.24, 2.45) is 0 Å². The molecule has 0 aromatic heterocycles. The normalized spacial score (nSPS) is 12.2. The minimum atomic E-state index is -0.694. The summed E-state index contributed by atoms with van der Waals surface area (Å²) in [4.78, 5) is 13.2. The second kappa shape index (κ2) is 8.01. The number of carbonyl (C=O) groups is 1. The lowest BCUT2D eigenvalue weighted by molar-refractivity contribution is 0.0916. The number of amides is 1. The first kappa shape index (κ1) is 16.6. The molecule has 0 unspecified atom stereocenters. The van der Waals surface area contributed by atoms with Crippen molar-refractivity contribution >= 4 is 17.7 Å². The quantitative estimate of drug-likeness (QED) is 0.800. The molecule has 22 heavy (non-hydrogen) atoms. The lowest BCUT2D eigenvalue weighted by Gasteiger charge is -2.12. The molecule has 2 N–H and O–H groups in total. The topological polar surface area (TPSA) is 49.3 Å². The van der Waals surface area contributed by atoms with Crippen LogP contribution in [0, 0.1) is 0 Å². The van der Waals surface area contributed by atoms with Crippen LogP contribution in [0.4, 0.5) is 0 Å². The van der Waals surface area contributed by atoms with Crippen molar-refractivity contribution in [1.82, 2.24) is 5.32 Å². The highest BCUT2D eigenvalue weighted by Gasteiger charge is 2.10. The van der Waals surface area contributed by atoms with Crippen LogP contribution in [0.5, 0.6) is 0 Å². The maximum absolute atomic E-state index is 12.1. The Morgan fingerprint density at radius 2 is 1.73 bits per heavy atom. The van der Waals surface area contributed by atoms with E-state index in [-0.39, 0.29) is 12.5 Å². The van der Waals surface area contributed by atoms with Gasteiger partial charge in [-0.15, -0.1) is 11.8 Å². The summed E-state index contributed by atoms with van der Waals surface area (Å²) in [6.07, 6.45) is -0.694. The van der Waals surface area contributed by atoms with E-state index in [1.807, 2.05) is 54.6 Å². The van der Waals surface area contributed by atoms with Crippen LogP contribution in [0.15, 0.2) is 59.5 Å². The Hall–Kier alpha value is -1.78. The molecule has 0 spiro atoms. The average molecular weight is 315 g/mol. The van der Waals surface area contributed by atoms with Crippen LogP contribution in [0.1, 0.15) is 35.9 Å². The fraction of sp³-hybridized carbons (Fsp3) is 0.278. The number of hydrogen-bond acceptors (Lipinski definition) is 3. The van der Waals surface area contributed by atoms with E-state index in [9.17, 15) is 9.90 Å². The van der Waals surface area contributed by atoms with Crippen molar-refractivity contribution in [2.45, 2.75) is 30.1 Å². The third-order valence-corrected chi connectivity index (χ3v) is 4.14. The van der Waals surface area contributed by atoms with Gasteiger partial charge in [-0.3, -0.25) is 4.79 Å². The van der Waals surface area contributed by atoms with Gasteiger partial charge in [0.2, 0.25) is 0 Å². The van der Waals surface area contributed by atoms with Crippen LogP contribution in [-0.4, -0.2) is 22.8 Å². The van der Waals surface area contributed by atoms with Crippen molar-refractivity contribution in [2.75, 3.05) is 6.54 Å². The molecule has 4 heteroatoms. The first-order chi connectivity index (χ1) is 10.6. The molecule has 0 saturated heterocycles. The van der Waals surface area contributed by atoms with Crippen LogP contribution in [0.2, 0.25) is 0 Å². The molecule has 0 aliphatic heterocycles. The maximum atomic E-state index is 12.1. The third kappa shape index (κ3) is 4.90. The monoisotopic (exact) mass is 315 g/mol. The van der Waals surface area contributed by atoms with Crippen LogP contribution in [0.3, 0.4) is 0 Å². The zero-order valence-corrected chi connectivity index (χ0v) is 13.6. The van der Waals surface area contributed by atoms with Crippen LogP contribution >= 0.6 is 11.8 Å². The highest BCUT2D eigenvalue weighted by molar-refractivity contribution is 7.99. The minimum Gasteiger partial charge on any atom is -0.387 e. The Kier molecular flexibility index (Phi) is 6.04. The predicted octanol–water partition coefficient (Wildman–Crippen LogP) is 3.65. The van der Waals surface area contributed by atoms with E-state index in [2.05, 4.69) is 19.2 Å². The average Bonchev–Trinajstić information content (AvgIpc) is 2.53. The first-order valence-electron chi connectivity index (χ1n) is 7.34. The van der Waals surface area contributed by atoms with E-state index in [1.54, 1.807) is 11.8 Å². The molecule has 1 atom stereocenters. The van der Waals surface area contributed by atoms with Crippen LogP contribution in [0.25, 0.3) is 0 Å². The number of hydrogen-bond donors (Lipinski definition) is 2. The van der Waals surface area contributed by atoms with Crippen molar-refractivity contribution in [3.63, 3.8) is 0 Å². The SMILES string of the molecule is CC(C)Sc1ccc(C(=O)NC[C@@H](O)c2ccccc2)cc1. The second-order valence-corrected chi connectivity index (χ2v) is 6.98. The highest BCUT2D eigenvalue weighted by Crippen LogP contribution is 2.22. The van der Waals surface area contributed by atoms with Gasteiger partial charge in [0.05, 0.1) is 6.10 Å². The smallest absolute Gasteiger partial charge is 0.251 e. The lowest BCUT2D eigenvalue weighted by Crippen LogP contribution is -2.28. The van der Waals surface area contributed by atoms with E-state index in [4.69, 9.17) is 0 Å². The number of aliphatic hydroxyl groups is 1. The Bertz CT molecular complexity index is 596. The first-order valence-corrected chi connectivity index (χ1v) is 8.22. The van der Waals surface area contributed by atoms with Gasteiger partial charge < -0.3 is 10.4 Å². The third-order valence-electron chi connectivity index (χ3n) is 3.13. The molecule has 0 saturated carbocycles. The molecule has 3 nitrogen and oxygen atoms in total. The molecular weight excluding hydrogens is 294 g/mol. The fourth-order valence-electron chi connectivity index (χ4n) is 2.04. The zero-order valence-electron chi connectivity index (χ0n) is 12.8. The molecule has 0 aliphatic carbocycles. The molecule has 0 radical (unpaired) electrons. The summed E-state index contributed by atoms with van der Waals surface area (Å²) in [7, 11) is 0. The number of benzene rings is 2. The van der Waals surface area contributed by atoms with Crippen molar-refractivity contribution < 1.29 is 9.90 Å². The molecule has 0 heterocycles. The molecular formula is C18H21NO2S. The van der Waals surface area contributed by atoms with Gasteiger partial charge in [0.1, 0.15) is 0 Å². The summed E-state index contributed by atoms with van der Waals surface area (Å²) in [5.74, 6) is -0.170. The van der Waals surface area contributed by atoms with Gasteiger partial charge >= 0.3 is 0 Å². The fourth-order valence-corrected chi connectivity index (χ4v) is 2.88. The van der Waals surface area contributed by atoms with E-state index >= 15 is 0 Å². The Balaban J connectivity index is 1.89. The predicted molar refractivity (Wildman–Crippen MR) is 91.2 cm³/mol. The van der Waals surface area contributed by atoms with Gasteiger partial charge in [-0.2, -0.15) is 0 Å². The second-order valence-electron chi connectivity index (χ2n) is 5.33. The summed E-state index contributed by atoms with van der Waals surface area (Å²) in [5.41, 5.74) is 1.40. The van der Waals surface area contributed by atoms with E-state index in [0.29, 0.717) is 10.8 Å². The molecule has 116 valence electrons. The number of nitrogens with one attached hydrogen (secondary N) is 1. The number of rotatable bonds is 6. The molecule has 0 bridgehead atoms. The van der Waals surface area contributed by atoms with Crippen LogP contribution in [-0.2, 0) is 0 Å². The standard InChI is InChI=1S/C18H21NO2S/c1-13(2)22-16-10-8-15(9-11-16)18(21)19-12-17(20)14-6-4-3-5-7-14/h3-11,13,17,20H,12H2,1-2H3,(H,19,21)/t17-/m1/s1. The Morgan fingerprint density at radius 1 is 1.09 bits per heavy atom. The number of aliphatic hydroxyl groups excluding tert-OH is 1. The molecule has 0 aliphatic rings. The summed E-state index contributed by atoms with van der Waals surface area (Å²) in [6, 6.07) is 16.8. The Labute approximate surface area is 135 Å². The van der Waals surface area contributed by atoms with Gasteiger partial charge in [-0.05, 0) is 29.8 Å². The number of thioether (sulfide) groups is 1. The van der Waals surface area contributed by atoms with Gasteiger partial charge in [0.15, 0.2) is 0 Å². The summed E-state index contributed by atoms with van der Waals surface area (Å²) < 4.78 is 0. The summed E-state index contributed by atoms with van der Waals surface area (Å²) in [6.45, 7) is 4.47. The summed E-state index contributed by atoms with van der Waals surface area (Å²) >= 11 is 1.76. The zero-order chi connectivity index (χ0) is 15.9. The van der Waals surface area contributed by atoms with Crippen molar-refractivity contribution in [3.05, 3.63) is 65.7 Å². The summed E-state index contributed by atoms with van der Waals surface area (Å²) in [5, 5.41) is 13.3. The van der Waals surface area contributed by atoms with E-state index < -0.39 is 6.10 Å². The van der Waals surface area contributed by atoms with Crippen LogP contribution < -0.4 is 5.32 Å². The van der Waals surface area contributed by atoms with Gasteiger partial charge in [-0.25, -0.2) is 0 Å². The highest BCUT2D eigenvalue weighted by atomic mass is 32.2. The minimum absolute atomic E-state index is 0.170. The van der Waals surface area contributed by atoms with E-state index in [1.165, 1.54) is 0 Å². The number of carbonyl (C=O) groups excluding carboxylic acids is 1. The van der Waals surface area contributed by atoms with Crippen molar-refractivity contribution in [3.8, 4) is 0 Å². The Morgan fingerprint density at radius 3 is 2.32 bits per heavy atom. The van der Waals surface area contributed by atoms with Gasteiger partial charge in [-0.1, -0.05) is 44.2 Å². The maximum Gasteiger partial charge on any atom is 0.251 e. The largest absolute Gasteiger partial charge is 0.387 e. The molecule has 0 fully saturated rings. The molecule has 2 rings (SSSR count). The molecule has 2 aromatic carbocycles. The van der Waals surface area contributed by atoms with E-state index in [0.717, 1.165) is 10.5 Å². The molecule has 1 amide bonds. The lowest BCUT2D eigenvalue weighted by atomic mass is 10.1.